The molecule has 4 N–H and O–H groups in total. The Labute approximate surface area is 141 Å². The molecule has 1 aliphatic carbocycles. The van der Waals surface area contributed by atoms with Crippen molar-refractivity contribution in [1.29, 1.82) is 0 Å². The van der Waals surface area contributed by atoms with E-state index in [1.165, 1.54) is 23.3 Å². The monoisotopic (exact) mass is 333 g/mol. The summed E-state index contributed by atoms with van der Waals surface area (Å²) in [5.74, 6) is -0.490. The maximum atomic E-state index is 12.2. The van der Waals surface area contributed by atoms with Gasteiger partial charge in [-0.15, -0.1) is 0 Å². The van der Waals surface area contributed by atoms with Crippen LogP contribution in [0.5, 0.6) is 11.5 Å². The van der Waals surface area contributed by atoms with E-state index in [0.29, 0.717) is 18.2 Å². The number of phenolic OH excluding ortho intramolecular Hbond substituents is 2. The lowest BCUT2D eigenvalue weighted by molar-refractivity contribution is -0.679. The number of hydrogen-bond acceptors (Lipinski definition) is 3. The summed E-state index contributed by atoms with van der Waals surface area (Å²) < 4.78 is 0. The van der Waals surface area contributed by atoms with Crippen molar-refractivity contribution in [3.8, 4) is 11.5 Å². The number of Topliss-reactive ketones (excluding diaryl/α,β-unsaturated/α-hetero) is 1. The number of aryl methyl sites for hydroxylation is 1. The van der Waals surface area contributed by atoms with E-state index < -0.39 is 0 Å². The Bertz CT molecular complexity index is 702. The van der Waals surface area contributed by atoms with Crippen LogP contribution in [0.25, 0.3) is 0 Å². The number of benzene rings is 2. The molecule has 1 atom stereocenters. The smallest absolute Gasteiger partial charge is 0.216 e. The summed E-state index contributed by atoms with van der Waals surface area (Å²) in [4.78, 5) is 12.2. The third-order valence-corrected chi connectivity index (χ3v) is 4.32. The summed E-state index contributed by atoms with van der Waals surface area (Å²) in [6.07, 6.45) is 3.13. The first-order chi connectivity index (χ1) is 10.6. The van der Waals surface area contributed by atoms with Crippen LogP contribution in [0.4, 0.5) is 0 Å². The average Bonchev–Trinajstić information content (AvgIpc) is 2.55. The number of aromatic hydroxyl groups is 2. The Morgan fingerprint density at radius 2 is 1.83 bits per heavy atom. The molecular formula is C18H20ClNO3. The van der Waals surface area contributed by atoms with E-state index >= 15 is 0 Å². The average molecular weight is 334 g/mol. The Hall–Kier alpha value is -2.04. The summed E-state index contributed by atoms with van der Waals surface area (Å²) in [5, 5.41) is 20.8. The third-order valence-electron chi connectivity index (χ3n) is 4.32. The summed E-state index contributed by atoms with van der Waals surface area (Å²) in [7, 11) is 0. The largest absolute Gasteiger partial charge is 1.00 e. The van der Waals surface area contributed by atoms with Crippen molar-refractivity contribution in [2.45, 2.75) is 25.3 Å². The van der Waals surface area contributed by atoms with Gasteiger partial charge >= 0.3 is 0 Å². The summed E-state index contributed by atoms with van der Waals surface area (Å²) in [5.41, 5.74) is 3.23. The van der Waals surface area contributed by atoms with Crippen molar-refractivity contribution >= 4 is 5.78 Å². The van der Waals surface area contributed by atoms with Gasteiger partial charge < -0.3 is 27.9 Å². The molecule has 0 aromatic heterocycles. The predicted molar refractivity (Wildman–Crippen MR) is 83.1 cm³/mol. The first-order valence-corrected chi connectivity index (χ1v) is 7.59. The molecule has 5 heteroatoms. The molecule has 0 spiro atoms. The van der Waals surface area contributed by atoms with Crippen molar-refractivity contribution in [3.05, 3.63) is 59.2 Å². The van der Waals surface area contributed by atoms with Gasteiger partial charge in [0.25, 0.3) is 0 Å². The minimum Gasteiger partial charge on any atom is -1.00 e. The van der Waals surface area contributed by atoms with Crippen LogP contribution in [0.2, 0.25) is 0 Å². The second-order valence-corrected chi connectivity index (χ2v) is 5.84. The normalized spacial score (nSPS) is 16.3. The Balaban J connectivity index is 0.00000192. The second kappa shape index (κ2) is 7.49. The van der Waals surface area contributed by atoms with Crippen LogP contribution in [-0.4, -0.2) is 28.6 Å². The number of hydrogen-bond donors (Lipinski definition) is 3. The molecule has 0 saturated carbocycles. The standard InChI is InChI=1S/C18H19NO3.ClH/c20-16-8-6-14(10-17(16)21)18(22)11-19-15-7-5-12-3-1-2-4-13(12)9-15;/h1-4,6,8,10,15,19-21H,5,7,9,11H2;1H. The molecule has 122 valence electrons. The van der Waals surface area contributed by atoms with Crippen LogP contribution in [0.1, 0.15) is 27.9 Å². The van der Waals surface area contributed by atoms with Crippen molar-refractivity contribution in [3.63, 3.8) is 0 Å². The lowest BCUT2D eigenvalue weighted by Gasteiger charge is -2.22. The molecular weight excluding hydrogens is 314 g/mol. The molecule has 23 heavy (non-hydrogen) atoms. The summed E-state index contributed by atoms with van der Waals surface area (Å²) in [6, 6.07) is 13.1. The van der Waals surface area contributed by atoms with E-state index in [-0.39, 0.29) is 29.7 Å². The van der Waals surface area contributed by atoms with Crippen LogP contribution in [-0.2, 0) is 12.8 Å². The molecule has 1 aliphatic rings. The maximum absolute atomic E-state index is 12.2. The number of carbonyl (C=O) groups is 1. The summed E-state index contributed by atoms with van der Waals surface area (Å²) in [6.45, 7) is 0.358. The lowest BCUT2D eigenvalue weighted by Crippen LogP contribution is -3.00. The fourth-order valence-corrected chi connectivity index (χ4v) is 3.02. The Morgan fingerprint density at radius 3 is 2.57 bits per heavy atom. The lowest BCUT2D eigenvalue weighted by atomic mass is 9.88. The van der Waals surface area contributed by atoms with Gasteiger partial charge in [-0.1, -0.05) is 24.3 Å². The number of phenols is 2. The van der Waals surface area contributed by atoms with Gasteiger partial charge in [-0.3, -0.25) is 4.79 Å². The number of rotatable bonds is 4. The van der Waals surface area contributed by atoms with Crippen LogP contribution in [0.15, 0.2) is 42.5 Å². The van der Waals surface area contributed by atoms with Gasteiger partial charge in [-0.2, -0.15) is 0 Å². The number of halogens is 1. The molecule has 0 saturated heterocycles. The van der Waals surface area contributed by atoms with Crippen molar-refractivity contribution < 1.29 is 32.7 Å². The van der Waals surface area contributed by atoms with Gasteiger partial charge in [-0.05, 0) is 35.7 Å². The zero-order valence-corrected chi connectivity index (χ0v) is 13.5. The SMILES string of the molecule is O=C(C[NH2+]C1CCc2ccccc2C1)c1ccc(O)c(O)c1.[Cl-]. The van der Waals surface area contributed by atoms with E-state index in [2.05, 4.69) is 29.6 Å². The molecule has 0 fully saturated rings. The van der Waals surface area contributed by atoms with E-state index in [9.17, 15) is 15.0 Å². The zero-order valence-electron chi connectivity index (χ0n) is 12.7. The number of nitrogens with two attached hydrogens (primary N) is 1. The quantitative estimate of drug-likeness (QED) is 0.466. The highest BCUT2D eigenvalue weighted by molar-refractivity contribution is 5.97. The fourth-order valence-electron chi connectivity index (χ4n) is 3.02. The Kier molecular flexibility index (Phi) is 5.64. The molecule has 0 heterocycles. The first-order valence-electron chi connectivity index (χ1n) is 7.59. The molecule has 0 radical (unpaired) electrons. The molecule has 0 bridgehead atoms. The molecule has 2 aromatic carbocycles. The van der Waals surface area contributed by atoms with E-state index in [4.69, 9.17) is 0 Å². The third kappa shape index (κ3) is 4.03. The van der Waals surface area contributed by atoms with Gasteiger partial charge in [0.1, 0.15) is 6.54 Å². The van der Waals surface area contributed by atoms with Crippen LogP contribution in [0, 0.1) is 0 Å². The molecule has 1 unspecified atom stereocenters. The second-order valence-electron chi connectivity index (χ2n) is 5.84. The highest BCUT2D eigenvalue weighted by Gasteiger charge is 2.22. The highest BCUT2D eigenvalue weighted by Crippen LogP contribution is 2.25. The minimum absolute atomic E-state index is 0. The van der Waals surface area contributed by atoms with Gasteiger partial charge in [0.15, 0.2) is 11.5 Å². The maximum Gasteiger partial charge on any atom is 0.216 e. The van der Waals surface area contributed by atoms with Gasteiger partial charge in [0.2, 0.25) is 5.78 Å². The molecule has 0 amide bonds. The molecule has 4 nitrogen and oxygen atoms in total. The van der Waals surface area contributed by atoms with E-state index in [0.717, 1.165) is 19.3 Å². The molecule has 2 aromatic rings. The topological polar surface area (TPSA) is 74.1 Å². The number of ketones is 1. The fraction of sp³-hybridized carbons (Fsp3) is 0.278. The molecule has 0 aliphatic heterocycles. The minimum atomic E-state index is -0.252. The van der Waals surface area contributed by atoms with Crippen molar-refractivity contribution in [2.24, 2.45) is 0 Å². The van der Waals surface area contributed by atoms with E-state index in [1.807, 2.05) is 0 Å². The van der Waals surface area contributed by atoms with Crippen LogP contribution in [0.3, 0.4) is 0 Å². The first kappa shape index (κ1) is 17.3. The van der Waals surface area contributed by atoms with Crippen LogP contribution >= 0.6 is 0 Å². The van der Waals surface area contributed by atoms with Crippen LogP contribution < -0.4 is 17.7 Å². The predicted octanol–water partition coefficient (Wildman–Crippen LogP) is -1.59. The van der Waals surface area contributed by atoms with Gasteiger partial charge in [0, 0.05) is 18.4 Å². The summed E-state index contributed by atoms with van der Waals surface area (Å²) >= 11 is 0. The van der Waals surface area contributed by atoms with Gasteiger partial charge in [0.05, 0.1) is 6.04 Å². The van der Waals surface area contributed by atoms with E-state index in [1.54, 1.807) is 6.07 Å². The van der Waals surface area contributed by atoms with Gasteiger partial charge in [-0.25, -0.2) is 0 Å². The Morgan fingerprint density at radius 1 is 1.09 bits per heavy atom. The number of carbonyl (C=O) groups excluding carboxylic acids is 1. The van der Waals surface area contributed by atoms with Crippen molar-refractivity contribution in [1.82, 2.24) is 0 Å². The highest BCUT2D eigenvalue weighted by atomic mass is 35.5. The number of quaternary nitrogens is 1. The number of fused-ring (bicyclic) bond motifs is 1. The zero-order chi connectivity index (χ0) is 15.5. The molecule has 3 rings (SSSR count). The van der Waals surface area contributed by atoms with Crippen molar-refractivity contribution in [2.75, 3.05) is 6.54 Å².